The maximum atomic E-state index is 10.7. The molecule has 1 atom stereocenters. The smallest absolute Gasteiger partial charge is 0.333 e. The Labute approximate surface area is 74.3 Å². The maximum Gasteiger partial charge on any atom is 0.333 e. The molecule has 0 amide bonds. The number of esters is 2. The summed E-state index contributed by atoms with van der Waals surface area (Å²) in [7, 11) is 1.21. The molecule has 70 valence electrons. The van der Waals surface area contributed by atoms with E-state index >= 15 is 0 Å². The molecule has 0 unspecified atom stereocenters. The molecule has 0 saturated heterocycles. The van der Waals surface area contributed by atoms with Gasteiger partial charge in [0.15, 0.2) is 0 Å². The van der Waals surface area contributed by atoms with Crippen LogP contribution in [0.4, 0.5) is 0 Å². The van der Waals surface area contributed by atoms with Gasteiger partial charge in [-0.15, -0.1) is 0 Å². The molecule has 0 bridgehead atoms. The van der Waals surface area contributed by atoms with E-state index < -0.39 is 18.2 Å². The number of carbonyl (C=O) groups is 2. The Bertz CT molecular complexity index is 289. The number of rotatable bonds is 1. The van der Waals surface area contributed by atoms with Crippen molar-refractivity contribution in [2.75, 3.05) is 7.11 Å². The van der Waals surface area contributed by atoms with Crippen LogP contribution in [0.1, 0.15) is 0 Å². The van der Waals surface area contributed by atoms with Gasteiger partial charge in [-0.25, -0.2) is 9.59 Å². The highest BCUT2D eigenvalue weighted by molar-refractivity contribution is 5.87. The van der Waals surface area contributed by atoms with Crippen LogP contribution in [-0.4, -0.2) is 30.4 Å². The van der Waals surface area contributed by atoms with E-state index in [9.17, 15) is 9.59 Å². The molecular formula is C8H8O5. The first-order chi connectivity index (χ1) is 6.13. The number of ether oxygens (including phenoxy) is 2. The summed E-state index contributed by atoms with van der Waals surface area (Å²) in [5.41, 5.74) is 0.187. The molecule has 0 fully saturated rings. The predicted molar refractivity (Wildman–Crippen MR) is 41.3 cm³/mol. The minimum absolute atomic E-state index is 0.187. The molecule has 0 aromatic rings. The number of carbonyl (C=O) groups excluding carboxylic acids is 2. The lowest BCUT2D eigenvalue weighted by Crippen LogP contribution is -2.22. The molecule has 0 aromatic carbocycles. The predicted octanol–water partition coefficient (Wildman–Crippen LogP) is -0.483. The fourth-order valence-corrected chi connectivity index (χ4v) is 0.778. The molecule has 0 radical (unpaired) electrons. The number of methoxy groups -OCH3 is 1. The van der Waals surface area contributed by atoms with E-state index in [4.69, 9.17) is 5.11 Å². The molecule has 5 nitrogen and oxygen atoms in total. The van der Waals surface area contributed by atoms with Gasteiger partial charge in [-0.1, -0.05) is 0 Å². The summed E-state index contributed by atoms with van der Waals surface area (Å²) in [6.45, 7) is 0. The molecule has 0 spiro atoms. The number of aliphatic hydroxyl groups is 1. The normalized spacial score (nSPS) is 24.3. The van der Waals surface area contributed by atoms with Gasteiger partial charge in [0.2, 0.25) is 6.29 Å². The zero-order chi connectivity index (χ0) is 9.84. The van der Waals surface area contributed by atoms with Gasteiger partial charge < -0.3 is 14.6 Å². The van der Waals surface area contributed by atoms with E-state index in [-0.39, 0.29) is 5.57 Å². The van der Waals surface area contributed by atoms with Crippen molar-refractivity contribution in [3.05, 3.63) is 23.8 Å². The van der Waals surface area contributed by atoms with E-state index in [2.05, 4.69) is 9.47 Å². The second-order valence-electron chi connectivity index (χ2n) is 2.29. The van der Waals surface area contributed by atoms with Crippen LogP contribution in [0.25, 0.3) is 0 Å². The SMILES string of the molecule is COC(=O)/C=C1\C=CC(=O)O[C@H]1O. The second-order valence-corrected chi connectivity index (χ2v) is 2.29. The van der Waals surface area contributed by atoms with Crippen molar-refractivity contribution >= 4 is 11.9 Å². The first-order valence-corrected chi connectivity index (χ1v) is 3.50. The molecule has 13 heavy (non-hydrogen) atoms. The van der Waals surface area contributed by atoms with Gasteiger partial charge >= 0.3 is 11.9 Å². The molecule has 1 heterocycles. The third-order valence-electron chi connectivity index (χ3n) is 1.41. The monoisotopic (exact) mass is 184 g/mol. The Balaban J connectivity index is 2.81. The van der Waals surface area contributed by atoms with E-state index in [1.807, 2.05) is 0 Å². The second kappa shape index (κ2) is 3.86. The van der Waals surface area contributed by atoms with Crippen molar-refractivity contribution in [3.63, 3.8) is 0 Å². The lowest BCUT2D eigenvalue weighted by Gasteiger charge is -2.15. The standard InChI is InChI=1S/C8H8O5/c1-12-7(10)4-5-2-3-6(9)13-8(5)11/h2-4,8,11H,1H3/b5-4+/t8-/m1/s1. The van der Waals surface area contributed by atoms with Crippen molar-refractivity contribution in [1.29, 1.82) is 0 Å². The van der Waals surface area contributed by atoms with E-state index in [0.717, 1.165) is 12.2 Å². The first kappa shape index (κ1) is 9.47. The summed E-state index contributed by atoms with van der Waals surface area (Å²) < 4.78 is 8.73. The molecule has 1 aliphatic rings. The van der Waals surface area contributed by atoms with Gasteiger partial charge in [0.25, 0.3) is 0 Å². The molecule has 1 N–H and O–H groups in total. The van der Waals surface area contributed by atoms with Gasteiger partial charge in [0.05, 0.1) is 7.11 Å². The van der Waals surface area contributed by atoms with E-state index in [1.54, 1.807) is 0 Å². The average Bonchev–Trinajstić information content (AvgIpc) is 2.09. The van der Waals surface area contributed by atoms with Crippen LogP contribution < -0.4 is 0 Å². The van der Waals surface area contributed by atoms with Gasteiger partial charge in [0, 0.05) is 17.7 Å². The van der Waals surface area contributed by atoms with Crippen LogP contribution in [0.2, 0.25) is 0 Å². The molecule has 1 aliphatic heterocycles. The summed E-state index contributed by atoms with van der Waals surface area (Å²) in [4.78, 5) is 21.3. The lowest BCUT2D eigenvalue weighted by atomic mass is 10.2. The zero-order valence-electron chi connectivity index (χ0n) is 6.89. The Hall–Kier alpha value is -1.62. The molecule has 5 heteroatoms. The Morgan fingerprint density at radius 3 is 2.92 bits per heavy atom. The number of cyclic esters (lactones) is 1. The fraction of sp³-hybridized carbons (Fsp3) is 0.250. The topological polar surface area (TPSA) is 72.8 Å². The van der Waals surface area contributed by atoms with Gasteiger partial charge in [-0.2, -0.15) is 0 Å². The number of hydrogen-bond acceptors (Lipinski definition) is 5. The summed E-state index contributed by atoms with van der Waals surface area (Å²) in [5, 5.41) is 9.11. The molecule has 1 rings (SSSR count). The summed E-state index contributed by atoms with van der Waals surface area (Å²) >= 11 is 0. The minimum Gasteiger partial charge on any atom is -0.466 e. The van der Waals surface area contributed by atoms with Crippen molar-refractivity contribution in [2.24, 2.45) is 0 Å². The maximum absolute atomic E-state index is 10.7. The van der Waals surface area contributed by atoms with Crippen molar-refractivity contribution < 1.29 is 24.2 Å². The Morgan fingerprint density at radius 1 is 1.69 bits per heavy atom. The zero-order valence-corrected chi connectivity index (χ0v) is 6.89. The average molecular weight is 184 g/mol. The van der Waals surface area contributed by atoms with E-state index in [1.165, 1.54) is 13.2 Å². The van der Waals surface area contributed by atoms with Crippen molar-refractivity contribution in [2.45, 2.75) is 6.29 Å². The number of aliphatic hydroxyl groups excluding tert-OH is 1. The Kier molecular flexibility index (Phi) is 2.81. The van der Waals surface area contributed by atoms with Crippen LogP contribution in [0.15, 0.2) is 23.8 Å². The fourth-order valence-electron chi connectivity index (χ4n) is 0.778. The summed E-state index contributed by atoms with van der Waals surface area (Å²) in [6.07, 6.45) is 2.07. The molecule has 0 aliphatic carbocycles. The third-order valence-corrected chi connectivity index (χ3v) is 1.41. The van der Waals surface area contributed by atoms with Gasteiger partial charge in [-0.05, 0) is 6.08 Å². The van der Waals surface area contributed by atoms with Crippen LogP contribution in [-0.2, 0) is 19.1 Å². The highest BCUT2D eigenvalue weighted by Gasteiger charge is 2.18. The van der Waals surface area contributed by atoms with Crippen LogP contribution in [0, 0.1) is 0 Å². The third kappa shape index (κ3) is 2.41. The quantitative estimate of drug-likeness (QED) is 0.440. The molecule has 0 saturated carbocycles. The van der Waals surface area contributed by atoms with Crippen molar-refractivity contribution in [3.8, 4) is 0 Å². The minimum atomic E-state index is -1.39. The lowest BCUT2D eigenvalue weighted by molar-refractivity contribution is -0.157. The largest absolute Gasteiger partial charge is 0.466 e. The summed E-state index contributed by atoms with van der Waals surface area (Å²) in [6, 6.07) is 0. The van der Waals surface area contributed by atoms with Crippen LogP contribution in [0.3, 0.4) is 0 Å². The van der Waals surface area contributed by atoms with Gasteiger partial charge in [0.1, 0.15) is 0 Å². The van der Waals surface area contributed by atoms with E-state index in [0.29, 0.717) is 0 Å². The molecular weight excluding hydrogens is 176 g/mol. The van der Waals surface area contributed by atoms with Crippen LogP contribution in [0.5, 0.6) is 0 Å². The number of hydrogen-bond donors (Lipinski definition) is 1. The first-order valence-electron chi connectivity index (χ1n) is 3.50. The highest BCUT2D eigenvalue weighted by Crippen LogP contribution is 2.12. The van der Waals surface area contributed by atoms with Crippen molar-refractivity contribution in [1.82, 2.24) is 0 Å². The molecule has 0 aromatic heterocycles. The van der Waals surface area contributed by atoms with Gasteiger partial charge in [-0.3, -0.25) is 0 Å². The van der Waals surface area contributed by atoms with Crippen LogP contribution >= 0.6 is 0 Å². The Morgan fingerprint density at radius 2 is 2.38 bits per heavy atom. The highest BCUT2D eigenvalue weighted by atomic mass is 16.6. The summed E-state index contributed by atoms with van der Waals surface area (Å²) in [5.74, 6) is -1.26.